The standard InChI is InChI=1S/C31H39F5N4O4SSi/c1-46(2,3)13-12-43-19-40-16-21(30(5-6-30)31(34,35)36)25-24(4-9-37-27(25)40)44-26-22(32)14-20(15-23(26)33)39-28(45)38-17-29(18-41)7-10-42-11-8-29/h4,9,14-16,41H,5-8,10-13,17-19H2,1-3H3,(H2,38,39,45). The summed E-state index contributed by atoms with van der Waals surface area (Å²) < 4.78 is 92.1. The largest absolute Gasteiger partial charge is 0.450 e. The molecule has 0 amide bonds. The molecule has 1 aliphatic carbocycles. The fourth-order valence-corrected chi connectivity index (χ4v) is 6.53. The second kappa shape index (κ2) is 13.3. The summed E-state index contributed by atoms with van der Waals surface area (Å²) in [4.78, 5) is 4.31. The topological polar surface area (TPSA) is 89.8 Å². The number of pyridine rings is 1. The van der Waals surface area contributed by atoms with E-state index in [1.54, 1.807) is 0 Å². The van der Waals surface area contributed by atoms with Crippen LogP contribution in [-0.4, -0.2) is 67.0 Å². The zero-order valence-corrected chi connectivity index (χ0v) is 27.8. The van der Waals surface area contributed by atoms with Crippen molar-refractivity contribution in [1.82, 2.24) is 14.9 Å². The first-order chi connectivity index (χ1) is 21.7. The Hall–Kier alpha value is -2.85. The smallest absolute Gasteiger partial charge is 0.398 e. The highest BCUT2D eigenvalue weighted by Crippen LogP contribution is 2.61. The van der Waals surface area contributed by atoms with Gasteiger partial charge in [-0.1, -0.05) is 19.6 Å². The van der Waals surface area contributed by atoms with Crippen LogP contribution in [0, 0.1) is 17.0 Å². The molecule has 0 atom stereocenters. The van der Waals surface area contributed by atoms with Gasteiger partial charge in [0.1, 0.15) is 18.1 Å². The molecule has 1 aliphatic heterocycles. The summed E-state index contributed by atoms with van der Waals surface area (Å²) >= 11 is 5.30. The summed E-state index contributed by atoms with van der Waals surface area (Å²) in [6.07, 6.45) is -0.824. The number of alkyl halides is 3. The fraction of sp³-hybridized carbons (Fsp3) is 0.548. The molecule has 3 heterocycles. The van der Waals surface area contributed by atoms with E-state index in [0.29, 0.717) is 39.2 Å². The number of hydrogen-bond acceptors (Lipinski definition) is 6. The summed E-state index contributed by atoms with van der Waals surface area (Å²) in [5.41, 5.74) is -2.43. The van der Waals surface area contributed by atoms with Crippen molar-refractivity contribution in [2.45, 2.75) is 69.7 Å². The van der Waals surface area contributed by atoms with Gasteiger partial charge < -0.3 is 34.5 Å². The number of aromatic nitrogens is 2. The van der Waals surface area contributed by atoms with Gasteiger partial charge in [0, 0.05) is 70.1 Å². The average molecular weight is 687 g/mol. The predicted octanol–water partition coefficient (Wildman–Crippen LogP) is 7.09. The molecule has 1 aromatic carbocycles. The Bertz CT molecular complexity index is 1550. The van der Waals surface area contributed by atoms with Crippen LogP contribution >= 0.6 is 12.2 Å². The van der Waals surface area contributed by atoms with Crippen molar-refractivity contribution in [3.63, 3.8) is 0 Å². The van der Waals surface area contributed by atoms with Crippen LogP contribution < -0.4 is 15.4 Å². The minimum Gasteiger partial charge on any atom is -0.450 e. The molecule has 2 aliphatic rings. The van der Waals surface area contributed by atoms with E-state index in [9.17, 15) is 18.3 Å². The van der Waals surface area contributed by atoms with E-state index < -0.39 is 42.5 Å². The summed E-state index contributed by atoms with van der Waals surface area (Å²) in [6.45, 7) is 8.29. The maximum Gasteiger partial charge on any atom is 0.398 e. The van der Waals surface area contributed by atoms with E-state index in [0.717, 1.165) is 18.2 Å². The van der Waals surface area contributed by atoms with Crippen molar-refractivity contribution in [3.05, 3.63) is 47.8 Å². The van der Waals surface area contributed by atoms with Crippen LogP contribution in [0.1, 0.15) is 31.2 Å². The predicted molar refractivity (Wildman–Crippen MR) is 171 cm³/mol. The summed E-state index contributed by atoms with van der Waals surface area (Å²) in [6, 6.07) is 4.14. The highest BCUT2D eigenvalue weighted by molar-refractivity contribution is 7.80. The minimum atomic E-state index is -4.55. The lowest BCUT2D eigenvalue weighted by atomic mass is 9.81. The fourth-order valence-electron chi connectivity index (χ4n) is 5.58. The van der Waals surface area contributed by atoms with Crippen molar-refractivity contribution >= 4 is 42.1 Å². The summed E-state index contributed by atoms with van der Waals surface area (Å²) in [5, 5.41) is 15.7. The number of aliphatic hydroxyl groups excluding tert-OH is 1. The molecule has 0 bridgehead atoms. The zero-order chi connectivity index (χ0) is 33.3. The molecular formula is C31H39F5N4O4SSi. The van der Waals surface area contributed by atoms with E-state index >= 15 is 8.78 Å². The number of halogens is 5. The minimum absolute atomic E-state index is 0.000986. The lowest BCUT2D eigenvalue weighted by molar-refractivity contribution is -0.160. The summed E-state index contributed by atoms with van der Waals surface area (Å²) in [7, 11) is -1.40. The van der Waals surface area contributed by atoms with Crippen LogP contribution in [-0.2, 0) is 21.6 Å². The third-order valence-electron chi connectivity index (χ3n) is 8.74. The molecule has 46 heavy (non-hydrogen) atoms. The van der Waals surface area contributed by atoms with E-state index in [1.807, 2.05) is 0 Å². The Morgan fingerprint density at radius 3 is 2.39 bits per heavy atom. The van der Waals surface area contributed by atoms with Crippen LogP contribution in [0.2, 0.25) is 25.7 Å². The lowest BCUT2D eigenvalue weighted by Gasteiger charge is -2.35. The molecule has 8 nitrogen and oxygen atoms in total. The molecule has 1 saturated heterocycles. The van der Waals surface area contributed by atoms with Crippen LogP contribution in [0.3, 0.4) is 0 Å². The van der Waals surface area contributed by atoms with Gasteiger partial charge in [-0.25, -0.2) is 13.8 Å². The molecule has 1 saturated carbocycles. The summed E-state index contributed by atoms with van der Waals surface area (Å²) in [5.74, 6) is -3.10. The van der Waals surface area contributed by atoms with Gasteiger partial charge in [-0.2, -0.15) is 13.2 Å². The highest BCUT2D eigenvalue weighted by Gasteiger charge is 2.65. The number of rotatable bonds is 12. The normalized spacial score (nSPS) is 17.6. The van der Waals surface area contributed by atoms with Gasteiger partial charge >= 0.3 is 6.18 Å². The zero-order valence-electron chi connectivity index (χ0n) is 26.0. The SMILES string of the molecule is C[Si](C)(C)CCOCn1cc(C2(C(F)(F)F)CC2)c2c(Oc3c(F)cc(NC(=S)NCC4(CO)CCOCC4)cc3F)ccnc21. The van der Waals surface area contributed by atoms with E-state index in [1.165, 1.54) is 23.0 Å². The van der Waals surface area contributed by atoms with Gasteiger partial charge in [-0.05, 0) is 55.6 Å². The first-order valence-electron chi connectivity index (χ1n) is 15.2. The quantitative estimate of drug-likeness (QED) is 0.0806. The molecular weight excluding hydrogens is 648 g/mol. The first kappa shape index (κ1) is 34.5. The Kier molecular flexibility index (Phi) is 10.00. The molecule has 2 fully saturated rings. The van der Waals surface area contributed by atoms with Crippen LogP contribution in [0.25, 0.3) is 11.0 Å². The lowest BCUT2D eigenvalue weighted by Crippen LogP contribution is -2.44. The van der Waals surface area contributed by atoms with E-state index in [-0.39, 0.29) is 59.3 Å². The van der Waals surface area contributed by atoms with Gasteiger partial charge in [-0.15, -0.1) is 0 Å². The van der Waals surface area contributed by atoms with Crippen molar-refractivity contribution in [2.24, 2.45) is 5.41 Å². The molecule has 15 heteroatoms. The number of hydrogen-bond donors (Lipinski definition) is 3. The van der Waals surface area contributed by atoms with Gasteiger partial charge in [0.25, 0.3) is 0 Å². The Balaban J connectivity index is 1.38. The van der Waals surface area contributed by atoms with Crippen LogP contribution in [0.5, 0.6) is 11.5 Å². The van der Waals surface area contributed by atoms with Crippen LogP contribution in [0.15, 0.2) is 30.6 Å². The Morgan fingerprint density at radius 1 is 1.13 bits per heavy atom. The maximum atomic E-state index is 15.3. The number of aliphatic hydroxyl groups is 1. The number of thiocarbonyl (C=S) groups is 1. The van der Waals surface area contributed by atoms with Gasteiger partial charge in [0.05, 0.1) is 17.4 Å². The van der Waals surface area contributed by atoms with Gasteiger partial charge in [0.2, 0.25) is 0 Å². The monoisotopic (exact) mass is 686 g/mol. The highest BCUT2D eigenvalue weighted by atomic mass is 32.1. The van der Waals surface area contributed by atoms with Crippen molar-refractivity contribution in [3.8, 4) is 11.5 Å². The number of fused-ring (bicyclic) bond motifs is 1. The molecule has 0 spiro atoms. The molecule has 252 valence electrons. The van der Waals surface area contributed by atoms with Crippen LogP contribution in [0.4, 0.5) is 27.6 Å². The average Bonchev–Trinajstić information content (AvgIpc) is 3.73. The number of nitrogens with zero attached hydrogens (tertiary/aromatic N) is 2. The molecule has 3 N–H and O–H groups in total. The Labute approximate surface area is 270 Å². The van der Waals surface area contributed by atoms with Crippen molar-refractivity contribution in [1.29, 1.82) is 0 Å². The number of benzene rings is 1. The molecule has 2 aromatic heterocycles. The molecule has 0 radical (unpaired) electrons. The number of nitrogens with one attached hydrogen (secondary N) is 2. The van der Waals surface area contributed by atoms with Gasteiger partial charge in [0.15, 0.2) is 22.5 Å². The molecule has 3 aromatic rings. The van der Waals surface area contributed by atoms with E-state index in [2.05, 4.69) is 35.3 Å². The third kappa shape index (κ3) is 7.48. The second-order valence-electron chi connectivity index (χ2n) is 13.4. The number of anilines is 1. The first-order valence-corrected chi connectivity index (χ1v) is 19.3. The van der Waals surface area contributed by atoms with Gasteiger partial charge in [-0.3, -0.25) is 0 Å². The van der Waals surface area contributed by atoms with Crippen molar-refractivity contribution in [2.75, 3.05) is 38.3 Å². The number of ether oxygens (including phenoxy) is 3. The van der Waals surface area contributed by atoms with Crippen molar-refractivity contribution < 1.29 is 41.3 Å². The molecule has 0 unspecified atom stereocenters. The molecule has 5 rings (SSSR count). The van der Waals surface area contributed by atoms with E-state index in [4.69, 9.17) is 26.4 Å². The second-order valence-corrected chi connectivity index (χ2v) is 19.4. The Morgan fingerprint density at radius 2 is 1.80 bits per heavy atom. The third-order valence-corrected chi connectivity index (χ3v) is 10.7. The maximum absolute atomic E-state index is 15.3.